The molecule has 5 rings (SSSR count). The van der Waals surface area contributed by atoms with Crippen molar-refractivity contribution in [2.24, 2.45) is 0 Å². The number of anilines is 1. The Morgan fingerprint density at radius 2 is 1.97 bits per heavy atom. The molecule has 8 nitrogen and oxygen atoms in total. The molecule has 0 saturated carbocycles. The third-order valence-corrected chi connectivity index (χ3v) is 4.99. The van der Waals surface area contributed by atoms with E-state index < -0.39 is 23.8 Å². The molecule has 3 amide bonds. The van der Waals surface area contributed by atoms with Crippen molar-refractivity contribution in [3.8, 4) is 0 Å². The van der Waals surface area contributed by atoms with Crippen molar-refractivity contribution < 1.29 is 18.4 Å². The lowest BCUT2D eigenvalue weighted by atomic mass is 9.93. The molecule has 9 heteroatoms. The van der Waals surface area contributed by atoms with Crippen LogP contribution in [0.4, 0.5) is 14.9 Å². The molecule has 4 aromatic rings. The summed E-state index contributed by atoms with van der Waals surface area (Å²) in [6.07, 6.45) is 3.11. The Bertz CT molecular complexity index is 1310. The van der Waals surface area contributed by atoms with Crippen LogP contribution in [0.5, 0.6) is 0 Å². The first-order chi connectivity index (χ1) is 15.1. The van der Waals surface area contributed by atoms with E-state index in [1.165, 1.54) is 30.5 Å². The number of furan rings is 1. The van der Waals surface area contributed by atoms with Gasteiger partial charge in [0, 0.05) is 11.1 Å². The number of carbonyl (C=O) groups is 2. The van der Waals surface area contributed by atoms with E-state index in [0.717, 1.165) is 10.9 Å². The van der Waals surface area contributed by atoms with E-state index in [9.17, 15) is 14.0 Å². The van der Waals surface area contributed by atoms with E-state index in [1.54, 1.807) is 36.5 Å². The maximum Gasteiger partial charge on any atom is 0.320 e. The molecular weight excluding hydrogens is 401 g/mol. The number of hydrogen-bond donors (Lipinski definition) is 4. The fourth-order valence-corrected chi connectivity index (χ4v) is 3.55. The quantitative estimate of drug-likeness (QED) is 0.406. The standard InChI is InChI=1S/C22H16FN5O3/c23-14-5-3-12(4-6-14)19-18(20(27-22(30)26-19)17-2-1-9-31-17)21(29)25-15-7-8-16-13(10-15)11-24-28-16/h1-11,19H,(H,24,28)(H,25,29)(H2,26,27,30). The van der Waals surface area contributed by atoms with Crippen LogP contribution in [0.2, 0.25) is 0 Å². The van der Waals surface area contributed by atoms with Gasteiger partial charge in [-0.15, -0.1) is 0 Å². The predicted molar refractivity (Wildman–Crippen MR) is 111 cm³/mol. The Morgan fingerprint density at radius 3 is 2.74 bits per heavy atom. The lowest BCUT2D eigenvalue weighted by Crippen LogP contribution is -2.45. The smallest absolute Gasteiger partial charge is 0.320 e. The normalized spacial score (nSPS) is 16.2. The van der Waals surface area contributed by atoms with E-state index in [-0.39, 0.29) is 11.3 Å². The van der Waals surface area contributed by atoms with Crippen LogP contribution in [0.25, 0.3) is 16.6 Å². The molecule has 4 N–H and O–H groups in total. The number of benzene rings is 2. The average molecular weight is 417 g/mol. The minimum Gasteiger partial charge on any atom is -0.463 e. The zero-order valence-electron chi connectivity index (χ0n) is 16.0. The number of halogens is 1. The molecule has 1 atom stereocenters. The number of nitrogens with one attached hydrogen (secondary N) is 4. The van der Waals surface area contributed by atoms with Gasteiger partial charge in [0.1, 0.15) is 5.82 Å². The molecule has 0 radical (unpaired) electrons. The molecule has 1 unspecified atom stereocenters. The molecule has 0 aliphatic carbocycles. The first-order valence-electron chi connectivity index (χ1n) is 9.44. The number of hydrogen-bond acceptors (Lipinski definition) is 4. The fraction of sp³-hybridized carbons (Fsp3) is 0.0455. The molecule has 3 heterocycles. The summed E-state index contributed by atoms with van der Waals surface area (Å²) in [5.41, 5.74) is 2.42. The third-order valence-electron chi connectivity index (χ3n) is 4.99. The van der Waals surface area contributed by atoms with Crippen LogP contribution < -0.4 is 16.0 Å². The summed E-state index contributed by atoms with van der Waals surface area (Å²) in [5.74, 6) is -0.535. The SMILES string of the molecule is O=C1NC(c2ccco2)=C(C(=O)Nc2ccc3[nH]ncc3c2)C(c2ccc(F)cc2)N1. The molecule has 0 fully saturated rings. The Hall–Kier alpha value is -4.40. The van der Waals surface area contributed by atoms with Gasteiger partial charge in [0.15, 0.2) is 5.76 Å². The van der Waals surface area contributed by atoms with Crippen LogP contribution in [-0.4, -0.2) is 22.1 Å². The van der Waals surface area contributed by atoms with Crippen molar-refractivity contribution in [2.45, 2.75) is 6.04 Å². The predicted octanol–water partition coefficient (Wildman–Crippen LogP) is 3.70. The van der Waals surface area contributed by atoms with E-state index >= 15 is 0 Å². The fourth-order valence-electron chi connectivity index (χ4n) is 3.55. The lowest BCUT2D eigenvalue weighted by Gasteiger charge is -2.29. The van der Waals surface area contributed by atoms with Crippen molar-refractivity contribution >= 4 is 34.2 Å². The second kappa shape index (κ2) is 7.45. The van der Waals surface area contributed by atoms with E-state index in [1.807, 2.05) is 0 Å². The van der Waals surface area contributed by atoms with Crippen molar-refractivity contribution in [1.29, 1.82) is 0 Å². The number of aromatic amines is 1. The van der Waals surface area contributed by atoms with E-state index in [0.29, 0.717) is 17.0 Å². The molecule has 0 spiro atoms. The first-order valence-corrected chi connectivity index (χ1v) is 9.44. The second-order valence-corrected chi connectivity index (χ2v) is 6.98. The van der Waals surface area contributed by atoms with Gasteiger partial charge in [0.05, 0.1) is 35.3 Å². The lowest BCUT2D eigenvalue weighted by molar-refractivity contribution is -0.113. The molecule has 2 aromatic carbocycles. The molecule has 0 bridgehead atoms. The van der Waals surface area contributed by atoms with Gasteiger partial charge in [-0.05, 0) is 48.0 Å². The second-order valence-electron chi connectivity index (χ2n) is 6.98. The Labute approximate surface area is 175 Å². The summed E-state index contributed by atoms with van der Waals surface area (Å²) in [6.45, 7) is 0. The number of carbonyl (C=O) groups excluding carboxylic acids is 2. The maximum absolute atomic E-state index is 13.5. The number of H-pyrrole nitrogens is 1. The summed E-state index contributed by atoms with van der Waals surface area (Å²) in [5, 5.41) is 15.9. The number of aromatic nitrogens is 2. The van der Waals surface area contributed by atoms with Crippen molar-refractivity contribution in [3.05, 3.63) is 89.8 Å². The van der Waals surface area contributed by atoms with Crippen LogP contribution in [-0.2, 0) is 4.79 Å². The van der Waals surface area contributed by atoms with Crippen LogP contribution in [0, 0.1) is 5.82 Å². The number of rotatable bonds is 4. The molecular formula is C22H16FN5O3. The number of nitrogens with zero attached hydrogens (tertiary/aromatic N) is 1. The van der Waals surface area contributed by atoms with Crippen molar-refractivity contribution in [1.82, 2.24) is 20.8 Å². The molecule has 0 saturated heterocycles. The summed E-state index contributed by atoms with van der Waals surface area (Å²) in [6, 6.07) is 12.9. The minimum atomic E-state index is -0.813. The zero-order valence-corrected chi connectivity index (χ0v) is 16.0. The van der Waals surface area contributed by atoms with Gasteiger partial charge in [-0.1, -0.05) is 12.1 Å². The van der Waals surface area contributed by atoms with Crippen LogP contribution in [0.3, 0.4) is 0 Å². The minimum absolute atomic E-state index is 0.230. The highest BCUT2D eigenvalue weighted by atomic mass is 19.1. The van der Waals surface area contributed by atoms with Gasteiger partial charge in [-0.25, -0.2) is 9.18 Å². The monoisotopic (exact) mass is 417 g/mol. The van der Waals surface area contributed by atoms with Gasteiger partial charge in [0.25, 0.3) is 5.91 Å². The van der Waals surface area contributed by atoms with Crippen molar-refractivity contribution in [2.75, 3.05) is 5.32 Å². The van der Waals surface area contributed by atoms with Gasteiger partial charge >= 0.3 is 6.03 Å². The molecule has 31 heavy (non-hydrogen) atoms. The molecule has 2 aromatic heterocycles. The largest absolute Gasteiger partial charge is 0.463 e. The van der Waals surface area contributed by atoms with Gasteiger partial charge in [-0.2, -0.15) is 5.10 Å². The highest BCUT2D eigenvalue weighted by Crippen LogP contribution is 2.32. The average Bonchev–Trinajstić information content (AvgIpc) is 3.45. The Kier molecular flexibility index (Phi) is 4.47. The number of amides is 3. The summed E-state index contributed by atoms with van der Waals surface area (Å²) in [7, 11) is 0. The Morgan fingerprint density at radius 1 is 1.13 bits per heavy atom. The first kappa shape index (κ1) is 18.6. The van der Waals surface area contributed by atoms with Crippen LogP contribution >= 0.6 is 0 Å². The molecule has 1 aliphatic rings. The zero-order chi connectivity index (χ0) is 21.4. The van der Waals surface area contributed by atoms with E-state index in [4.69, 9.17) is 4.42 Å². The topological polar surface area (TPSA) is 112 Å². The summed E-state index contributed by atoms with van der Waals surface area (Å²) < 4.78 is 18.9. The van der Waals surface area contributed by atoms with Crippen molar-refractivity contribution in [3.63, 3.8) is 0 Å². The molecule has 154 valence electrons. The highest BCUT2D eigenvalue weighted by Gasteiger charge is 2.34. The van der Waals surface area contributed by atoms with Crippen LogP contribution in [0.1, 0.15) is 17.4 Å². The van der Waals surface area contributed by atoms with E-state index in [2.05, 4.69) is 26.1 Å². The van der Waals surface area contributed by atoms with Gasteiger partial charge in [0.2, 0.25) is 0 Å². The van der Waals surface area contributed by atoms with Gasteiger partial charge < -0.3 is 20.4 Å². The third kappa shape index (κ3) is 3.52. The highest BCUT2D eigenvalue weighted by molar-refractivity contribution is 6.12. The molecule has 1 aliphatic heterocycles. The number of fused-ring (bicyclic) bond motifs is 1. The summed E-state index contributed by atoms with van der Waals surface area (Å²) >= 11 is 0. The maximum atomic E-state index is 13.5. The van der Waals surface area contributed by atoms with Gasteiger partial charge in [-0.3, -0.25) is 9.89 Å². The number of urea groups is 1. The van der Waals surface area contributed by atoms with Crippen LogP contribution in [0.15, 0.2) is 77.0 Å². The summed E-state index contributed by atoms with van der Waals surface area (Å²) in [4.78, 5) is 25.8. The Balaban J connectivity index is 1.59.